The Morgan fingerprint density at radius 2 is 1.89 bits per heavy atom. The maximum Gasteiger partial charge on any atom is 0.310 e. The van der Waals surface area contributed by atoms with Crippen LogP contribution in [-0.4, -0.2) is 31.7 Å². The van der Waals surface area contributed by atoms with E-state index in [9.17, 15) is 9.59 Å². The van der Waals surface area contributed by atoms with Gasteiger partial charge in [0.1, 0.15) is 0 Å². The maximum atomic E-state index is 12.1. The first-order chi connectivity index (χ1) is 13.0. The molecule has 0 aliphatic heterocycles. The SMILES string of the molecule is COc1ccccc1OCCC(=O)OC(C)C(=O)Nc1cccc(C#N)c1. The number of nitrogens with zero attached hydrogens (tertiary/aromatic N) is 1. The van der Waals surface area contributed by atoms with E-state index < -0.39 is 18.0 Å². The molecule has 0 aromatic heterocycles. The number of ether oxygens (including phenoxy) is 3. The lowest BCUT2D eigenvalue weighted by Crippen LogP contribution is -2.30. The quantitative estimate of drug-likeness (QED) is 0.720. The Kier molecular flexibility index (Phi) is 7.20. The molecule has 0 bridgehead atoms. The van der Waals surface area contributed by atoms with Crippen molar-refractivity contribution in [1.29, 1.82) is 5.26 Å². The van der Waals surface area contributed by atoms with Crippen molar-refractivity contribution in [3.63, 3.8) is 0 Å². The lowest BCUT2D eigenvalue weighted by molar-refractivity contribution is -0.153. The molecule has 0 radical (unpaired) electrons. The van der Waals surface area contributed by atoms with Gasteiger partial charge in [0.25, 0.3) is 5.91 Å². The molecule has 27 heavy (non-hydrogen) atoms. The van der Waals surface area contributed by atoms with Crippen LogP contribution in [0.5, 0.6) is 11.5 Å². The van der Waals surface area contributed by atoms with E-state index in [-0.39, 0.29) is 13.0 Å². The van der Waals surface area contributed by atoms with E-state index in [1.165, 1.54) is 20.1 Å². The van der Waals surface area contributed by atoms with E-state index in [0.29, 0.717) is 22.7 Å². The molecule has 140 valence electrons. The molecule has 1 amide bonds. The van der Waals surface area contributed by atoms with Crippen molar-refractivity contribution in [1.82, 2.24) is 0 Å². The molecule has 1 unspecified atom stereocenters. The zero-order valence-corrected chi connectivity index (χ0v) is 15.1. The summed E-state index contributed by atoms with van der Waals surface area (Å²) < 4.78 is 15.8. The summed E-state index contributed by atoms with van der Waals surface area (Å²) in [5, 5.41) is 11.5. The fraction of sp³-hybridized carbons (Fsp3) is 0.250. The first-order valence-electron chi connectivity index (χ1n) is 8.30. The summed E-state index contributed by atoms with van der Waals surface area (Å²) in [5.74, 6) is 0.0524. The van der Waals surface area contributed by atoms with Gasteiger partial charge < -0.3 is 19.5 Å². The Balaban J connectivity index is 1.79. The van der Waals surface area contributed by atoms with E-state index in [1.807, 2.05) is 12.1 Å². The molecule has 0 aliphatic rings. The average molecular weight is 368 g/mol. The van der Waals surface area contributed by atoms with E-state index in [2.05, 4.69) is 5.32 Å². The van der Waals surface area contributed by atoms with E-state index in [0.717, 1.165) is 0 Å². The van der Waals surface area contributed by atoms with Crippen LogP contribution in [0, 0.1) is 11.3 Å². The van der Waals surface area contributed by atoms with Crippen molar-refractivity contribution < 1.29 is 23.8 Å². The molecule has 0 aliphatic carbocycles. The minimum Gasteiger partial charge on any atom is -0.493 e. The van der Waals surface area contributed by atoms with Crippen LogP contribution in [0.15, 0.2) is 48.5 Å². The maximum absolute atomic E-state index is 12.1. The highest BCUT2D eigenvalue weighted by Gasteiger charge is 2.18. The van der Waals surface area contributed by atoms with Gasteiger partial charge in [0.05, 0.1) is 31.8 Å². The van der Waals surface area contributed by atoms with E-state index in [1.54, 1.807) is 36.4 Å². The summed E-state index contributed by atoms with van der Waals surface area (Å²) >= 11 is 0. The standard InChI is InChI=1S/C20H20N2O5/c1-14(20(24)22-16-7-5-6-15(12-16)13-21)27-19(23)10-11-26-18-9-4-3-8-17(18)25-2/h3-9,12,14H,10-11H2,1-2H3,(H,22,24). The fourth-order valence-electron chi connectivity index (χ4n) is 2.20. The first-order valence-corrected chi connectivity index (χ1v) is 8.30. The van der Waals surface area contributed by atoms with Crippen molar-refractivity contribution >= 4 is 17.6 Å². The van der Waals surface area contributed by atoms with Crippen LogP contribution in [0.3, 0.4) is 0 Å². The van der Waals surface area contributed by atoms with Gasteiger partial charge in [-0.2, -0.15) is 5.26 Å². The van der Waals surface area contributed by atoms with E-state index in [4.69, 9.17) is 19.5 Å². The highest BCUT2D eigenvalue weighted by molar-refractivity contribution is 5.95. The number of nitrogens with one attached hydrogen (secondary N) is 1. The Morgan fingerprint density at radius 3 is 2.59 bits per heavy atom. The molecular formula is C20H20N2O5. The molecule has 2 aromatic carbocycles. The van der Waals surface area contributed by atoms with Crippen molar-refractivity contribution in [2.24, 2.45) is 0 Å². The Morgan fingerprint density at radius 1 is 1.15 bits per heavy atom. The highest BCUT2D eigenvalue weighted by atomic mass is 16.6. The Labute approximate surface area is 157 Å². The number of anilines is 1. The summed E-state index contributed by atoms with van der Waals surface area (Å²) in [6.45, 7) is 1.57. The number of para-hydroxylation sites is 2. The van der Waals surface area contributed by atoms with Gasteiger partial charge in [-0.05, 0) is 37.3 Å². The summed E-state index contributed by atoms with van der Waals surface area (Å²) in [6.07, 6.45) is -0.992. The number of benzene rings is 2. The molecule has 0 saturated carbocycles. The molecule has 0 heterocycles. The summed E-state index contributed by atoms with van der Waals surface area (Å²) in [5.41, 5.74) is 0.882. The smallest absolute Gasteiger partial charge is 0.310 e. The van der Waals surface area contributed by atoms with Gasteiger partial charge in [-0.1, -0.05) is 18.2 Å². The molecular weight excluding hydrogens is 348 g/mol. The van der Waals surface area contributed by atoms with Crippen LogP contribution in [-0.2, 0) is 14.3 Å². The average Bonchev–Trinajstić information content (AvgIpc) is 2.68. The number of nitriles is 1. The molecule has 0 fully saturated rings. The van der Waals surface area contributed by atoms with Crippen molar-refractivity contribution in [2.75, 3.05) is 19.0 Å². The Bertz CT molecular complexity index is 844. The zero-order valence-electron chi connectivity index (χ0n) is 15.1. The molecule has 2 aromatic rings. The van der Waals surface area contributed by atoms with Gasteiger partial charge in [-0.15, -0.1) is 0 Å². The number of hydrogen-bond acceptors (Lipinski definition) is 6. The lowest BCUT2D eigenvalue weighted by atomic mass is 10.2. The molecule has 7 heteroatoms. The predicted octanol–water partition coefficient (Wildman–Crippen LogP) is 2.91. The third-order valence-corrected chi connectivity index (χ3v) is 3.57. The minimum absolute atomic E-state index is 0.0143. The normalized spacial score (nSPS) is 11.0. The van der Waals surface area contributed by atoms with Gasteiger partial charge in [0.15, 0.2) is 17.6 Å². The third-order valence-electron chi connectivity index (χ3n) is 3.57. The number of rotatable bonds is 8. The number of amides is 1. The van der Waals surface area contributed by atoms with Gasteiger partial charge in [-0.3, -0.25) is 9.59 Å². The number of carbonyl (C=O) groups excluding carboxylic acids is 2. The van der Waals surface area contributed by atoms with Crippen LogP contribution in [0.1, 0.15) is 18.9 Å². The third kappa shape index (κ3) is 6.04. The van der Waals surface area contributed by atoms with Gasteiger partial charge >= 0.3 is 5.97 Å². The van der Waals surface area contributed by atoms with Crippen molar-refractivity contribution in [2.45, 2.75) is 19.4 Å². The molecule has 0 spiro atoms. The number of esters is 1. The highest BCUT2D eigenvalue weighted by Crippen LogP contribution is 2.25. The van der Waals surface area contributed by atoms with Crippen LogP contribution < -0.4 is 14.8 Å². The van der Waals surface area contributed by atoms with E-state index >= 15 is 0 Å². The van der Waals surface area contributed by atoms with Crippen LogP contribution >= 0.6 is 0 Å². The fourth-order valence-corrected chi connectivity index (χ4v) is 2.20. The molecule has 2 rings (SSSR count). The second kappa shape index (κ2) is 9.82. The molecule has 1 atom stereocenters. The van der Waals surface area contributed by atoms with Crippen molar-refractivity contribution in [3.8, 4) is 17.6 Å². The largest absolute Gasteiger partial charge is 0.493 e. The lowest BCUT2D eigenvalue weighted by Gasteiger charge is -2.14. The molecule has 1 N–H and O–H groups in total. The van der Waals surface area contributed by atoms with Crippen LogP contribution in [0.4, 0.5) is 5.69 Å². The summed E-state index contributed by atoms with van der Waals surface area (Å²) in [7, 11) is 1.53. The number of carbonyl (C=O) groups is 2. The Hall–Kier alpha value is -3.53. The van der Waals surface area contributed by atoms with Gasteiger partial charge in [0, 0.05) is 5.69 Å². The monoisotopic (exact) mass is 368 g/mol. The predicted molar refractivity (Wildman–Crippen MR) is 98.4 cm³/mol. The summed E-state index contributed by atoms with van der Waals surface area (Å²) in [6, 6.07) is 15.5. The number of methoxy groups -OCH3 is 1. The first kappa shape index (κ1) is 19.8. The number of hydrogen-bond donors (Lipinski definition) is 1. The summed E-state index contributed by atoms with van der Waals surface area (Å²) in [4.78, 5) is 24.0. The molecule has 7 nitrogen and oxygen atoms in total. The molecule has 0 saturated heterocycles. The van der Waals surface area contributed by atoms with Gasteiger partial charge in [0.2, 0.25) is 0 Å². The van der Waals surface area contributed by atoms with Crippen LogP contribution in [0.25, 0.3) is 0 Å². The second-order valence-electron chi connectivity index (χ2n) is 5.56. The zero-order chi connectivity index (χ0) is 19.6. The van der Waals surface area contributed by atoms with Gasteiger partial charge in [-0.25, -0.2) is 0 Å². The van der Waals surface area contributed by atoms with Crippen LogP contribution in [0.2, 0.25) is 0 Å². The van der Waals surface area contributed by atoms with Crippen molar-refractivity contribution in [3.05, 3.63) is 54.1 Å². The second-order valence-corrected chi connectivity index (χ2v) is 5.56. The topological polar surface area (TPSA) is 97.7 Å². The minimum atomic E-state index is -0.977.